The molecule has 1 aliphatic rings. The summed E-state index contributed by atoms with van der Waals surface area (Å²) in [7, 11) is 0. The molecule has 0 amide bonds. The molecule has 0 saturated heterocycles. The van der Waals surface area contributed by atoms with E-state index in [2.05, 4.69) is 33.2 Å². The Morgan fingerprint density at radius 2 is 2.41 bits per heavy atom. The van der Waals surface area contributed by atoms with Crippen LogP contribution in [0.5, 0.6) is 0 Å². The van der Waals surface area contributed by atoms with Crippen molar-refractivity contribution >= 4 is 22.7 Å². The first-order valence-electron chi connectivity index (χ1n) is 6.07. The molecule has 4 heteroatoms. The molecular formula is C13H16N2S2. The summed E-state index contributed by atoms with van der Waals surface area (Å²) < 4.78 is 0. The standard InChI is InChI=1S/C13H16N2S2/c1-2-12(17-7-1)13(10-3-4-10)14-6-5-11-8-16-9-15-11/h1-2,7-10,13-14H,3-6H2. The van der Waals surface area contributed by atoms with Crippen LogP contribution in [-0.2, 0) is 6.42 Å². The average molecular weight is 264 g/mol. The Hall–Kier alpha value is -0.710. The Labute approximate surface area is 110 Å². The zero-order chi connectivity index (χ0) is 11.5. The first kappa shape index (κ1) is 11.4. The second kappa shape index (κ2) is 5.29. The molecule has 0 spiro atoms. The summed E-state index contributed by atoms with van der Waals surface area (Å²) in [6.07, 6.45) is 3.80. The minimum atomic E-state index is 0.577. The van der Waals surface area contributed by atoms with Crippen molar-refractivity contribution < 1.29 is 0 Å². The summed E-state index contributed by atoms with van der Waals surface area (Å²) in [6.45, 7) is 1.03. The van der Waals surface area contributed by atoms with E-state index in [4.69, 9.17) is 0 Å². The molecule has 0 aliphatic heterocycles. The Morgan fingerprint density at radius 3 is 3.06 bits per heavy atom. The fraction of sp³-hybridized carbons (Fsp3) is 0.462. The fourth-order valence-electron chi connectivity index (χ4n) is 2.11. The Morgan fingerprint density at radius 1 is 1.47 bits per heavy atom. The zero-order valence-corrected chi connectivity index (χ0v) is 11.3. The zero-order valence-electron chi connectivity index (χ0n) is 9.63. The minimum absolute atomic E-state index is 0.577. The van der Waals surface area contributed by atoms with Crippen molar-refractivity contribution in [3.8, 4) is 0 Å². The number of hydrogen-bond acceptors (Lipinski definition) is 4. The van der Waals surface area contributed by atoms with Crippen molar-refractivity contribution in [1.82, 2.24) is 10.3 Å². The number of nitrogens with zero attached hydrogens (tertiary/aromatic N) is 1. The van der Waals surface area contributed by atoms with Gasteiger partial charge < -0.3 is 5.32 Å². The lowest BCUT2D eigenvalue weighted by Crippen LogP contribution is -2.24. The highest BCUT2D eigenvalue weighted by atomic mass is 32.1. The van der Waals surface area contributed by atoms with Crippen molar-refractivity contribution in [1.29, 1.82) is 0 Å². The van der Waals surface area contributed by atoms with E-state index >= 15 is 0 Å². The van der Waals surface area contributed by atoms with Gasteiger partial charge in [-0.2, -0.15) is 0 Å². The fourth-order valence-corrected chi connectivity index (χ4v) is 3.60. The first-order valence-corrected chi connectivity index (χ1v) is 7.89. The van der Waals surface area contributed by atoms with E-state index in [0.717, 1.165) is 18.9 Å². The molecule has 90 valence electrons. The highest BCUT2D eigenvalue weighted by molar-refractivity contribution is 7.10. The van der Waals surface area contributed by atoms with E-state index in [1.165, 1.54) is 23.4 Å². The molecule has 1 unspecified atom stereocenters. The molecule has 0 aromatic carbocycles. The molecule has 1 aliphatic carbocycles. The number of nitrogens with one attached hydrogen (secondary N) is 1. The van der Waals surface area contributed by atoms with Gasteiger partial charge in [-0.1, -0.05) is 6.07 Å². The number of rotatable bonds is 6. The molecule has 1 fully saturated rings. The molecule has 0 radical (unpaired) electrons. The molecule has 2 aromatic rings. The van der Waals surface area contributed by atoms with Crippen molar-refractivity contribution in [2.75, 3.05) is 6.54 Å². The third-order valence-electron chi connectivity index (χ3n) is 3.17. The van der Waals surface area contributed by atoms with Crippen LogP contribution < -0.4 is 5.32 Å². The van der Waals surface area contributed by atoms with E-state index in [-0.39, 0.29) is 0 Å². The predicted molar refractivity (Wildman–Crippen MR) is 73.6 cm³/mol. The van der Waals surface area contributed by atoms with Crippen LogP contribution in [-0.4, -0.2) is 11.5 Å². The summed E-state index contributed by atoms with van der Waals surface area (Å²) in [5.74, 6) is 0.865. The number of hydrogen-bond donors (Lipinski definition) is 1. The topological polar surface area (TPSA) is 24.9 Å². The average Bonchev–Trinajstić information content (AvgIpc) is 2.84. The molecule has 1 N–H and O–H groups in total. The lowest BCUT2D eigenvalue weighted by molar-refractivity contribution is 0.490. The van der Waals surface area contributed by atoms with Gasteiger partial charge in [0.05, 0.1) is 11.2 Å². The van der Waals surface area contributed by atoms with Gasteiger partial charge in [0.1, 0.15) is 0 Å². The maximum absolute atomic E-state index is 4.32. The van der Waals surface area contributed by atoms with Gasteiger partial charge in [0.25, 0.3) is 0 Å². The van der Waals surface area contributed by atoms with Crippen LogP contribution >= 0.6 is 22.7 Å². The van der Waals surface area contributed by atoms with Gasteiger partial charge in [0.2, 0.25) is 0 Å². The quantitative estimate of drug-likeness (QED) is 0.864. The van der Waals surface area contributed by atoms with Crippen LogP contribution in [0.25, 0.3) is 0 Å². The van der Waals surface area contributed by atoms with E-state index in [0.29, 0.717) is 6.04 Å². The lowest BCUT2D eigenvalue weighted by atomic mass is 10.1. The van der Waals surface area contributed by atoms with Crippen molar-refractivity contribution in [2.24, 2.45) is 5.92 Å². The molecule has 1 saturated carbocycles. The van der Waals surface area contributed by atoms with Crippen LogP contribution in [0, 0.1) is 5.92 Å². The molecule has 0 bridgehead atoms. The maximum atomic E-state index is 4.32. The lowest BCUT2D eigenvalue weighted by Gasteiger charge is -2.16. The van der Waals surface area contributed by atoms with Crippen LogP contribution in [0.1, 0.15) is 29.5 Å². The summed E-state index contributed by atoms with van der Waals surface area (Å²) in [5.41, 5.74) is 3.12. The van der Waals surface area contributed by atoms with Crippen LogP contribution in [0.4, 0.5) is 0 Å². The number of aromatic nitrogens is 1. The second-order valence-electron chi connectivity index (χ2n) is 4.51. The summed E-state index contributed by atoms with van der Waals surface area (Å²) in [5, 5.41) is 8.01. The molecule has 17 heavy (non-hydrogen) atoms. The van der Waals surface area contributed by atoms with E-state index in [1.54, 1.807) is 11.3 Å². The van der Waals surface area contributed by atoms with Gasteiger partial charge >= 0.3 is 0 Å². The third-order valence-corrected chi connectivity index (χ3v) is 4.76. The van der Waals surface area contributed by atoms with E-state index < -0.39 is 0 Å². The maximum Gasteiger partial charge on any atom is 0.0794 e. The first-order chi connectivity index (χ1) is 8.43. The van der Waals surface area contributed by atoms with Gasteiger partial charge in [-0.15, -0.1) is 22.7 Å². The van der Waals surface area contributed by atoms with Crippen LogP contribution in [0.3, 0.4) is 0 Å². The summed E-state index contributed by atoms with van der Waals surface area (Å²) >= 11 is 3.55. The van der Waals surface area contributed by atoms with Gasteiger partial charge in [-0.05, 0) is 30.2 Å². The number of thiazole rings is 1. The third kappa shape index (κ3) is 2.94. The Kier molecular flexibility index (Phi) is 3.54. The number of thiophene rings is 1. The van der Waals surface area contributed by atoms with Crippen molar-refractivity contribution in [2.45, 2.75) is 25.3 Å². The molecule has 3 rings (SSSR count). The summed E-state index contributed by atoms with van der Waals surface area (Å²) in [4.78, 5) is 5.81. The highest BCUT2D eigenvalue weighted by Crippen LogP contribution is 2.42. The molecule has 1 atom stereocenters. The van der Waals surface area contributed by atoms with Gasteiger partial charge in [0.15, 0.2) is 0 Å². The molecule has 2 nitrogen and oxygen atoms in total. The molecule has 2 heterocycles. The SMILES string of the molecule is c1csc(C(NCCc2cscn2)C2CC2)c1. The predicted octanol–water partition coefficient (Wildman–Crippen LogP) is 3.49. The Balaban J connectivity index is 1.55. The second-order valence-corrected chi connectivity index (χ2v) is 6.21. The van der Waals surface area contributed by atoms with Gasteiger partial charge in [0, 0.05) is 29.3 Å². The molecule has 2 aromatic heterocycles. The van der Waals surface area contributed by atoms with E-state index in [1.807, 2.05) is 16.8 Å². The van der Waals surface area contributed by atoms with E-state index in [9.17, 15) is 0 Å². The van der Waals surface area contributed by atoms with Crippen LogP contribution in [0.15, 0.2) is 28.4 Å². The summed E-state index contributed by atoms with van der Waals surface area (Å²) in [6, 6.07) is 4.98. The van der Waals surface area contributed by atoms with Crippen molar-refractivity contribution in [3.63, 3.8) is 0 Å². The van der Waals surface area contributed by atoms with Gasteiger partial charge in [-0.3, -0.25) is 0 Å². The van der Waals surface area contributed by atoms with Crippen LogP contribution in [0.2, 0.25) is 0 Å². The smallest absolute Gasteiger partial charge is 0.0794 e. The normalized spacial score (nSPS) is 17.2. The monoisotopic (exact) mass is 264 g/mol. The van der Waals surface area contributed by atoms with Gasteiger partial charge in [-0.25, -0.2) is 4.98 Å². The minimum Gasteiger partial charge on any atom is -0.309 e. The molecular weight excluding hydrogens is 248 g/mol. The highest BCUT2D eigenvalue weighted by Gasteiger charge is 2.32. The van der Waals surface area contributed by atoms with Crippen molar-refractivity contribution in [3.05, 3.63) is 39.0 Å². The Bertz CT molecular complexity index is 432. The largest absolute Gasteiger partial charge is 0.309 e.